The van der Waals surface area contributed by atoms with Gasteiger partial charge in [0.15, 0.2) is 11.5 Å². The van der Waals surface area contributed by atoms with E-state index in [-0.39, 0.29) is 0 Å². The van der Waals surface area contributed by atoms with Crippen molar-refractivity contribution in [3.8, 4) is 11.5 Å². The molecule has 0 aromatic carbocycles. The van der Waals surface area contributed by atoms with Crippen molar-refractivity contribution < 1.29 is 14.3 Å². The molecule has 1 fully saturated rings. The molecule has 1 aromatic heterocycles. The summed E-state index contributed by atoms with van der Waals surface area (Å²) in [6.45, 7) is 2.04. The van der Waals surface area contributed by atoms with Gasteiger partial charge in [0.1, 0.15) is 11.5 Å². The predicted octanol–water partition coefficient (Wildman–Crippen LogP) is 1.26. The first-order valence-electron chi connectivity index (χ1n) is 6.04. The minimum absolute atomic E-state index is 0.295. The lowest BCUT2D eigenvalue weighted by Gasteiger charge is -2.25. The zero-order chi connectivity index (χ0) is 13.0. The molecule has 0 radical (unpaired) electrons. The number of ketones is 1. The molecule has 18 heavy (non-hydrogen) atoms. The van der Waals surface area contributed by atoms with E-state index in [9.17, 15) is 4.79 Å². The van der Waals surface area contributed by atoms with Crippen molar-refractivity contribution in [1.82, 2.24) is 9.88 Å². The van der Waals surface area contributed by atoms with Crippen molar-refractivity contribution >= 4 is 5.78 Å². The summed E-state index contributed by atoms with van der Waals surface area (Å²) in [5, 5.41) is 0. The van der Waals surface area contributed by atoms with Crippen molar-refractivity contribution in [1.29, 1.82) is 0 Å². The van der Waals surface area contributed by atoms with Gasteiger partial charge in [-0.1, -0.05) is 0 Å². The quantitative estimate of drug-likeness (QED) is 0.805. The lowest BCUT2D eigenvalue weighted by Crippen LogP contribution is -2.35. The van der Waals surface area contributed by atoms with Gasteiger partial charge in [-0.25, -0.2) is 0 Å². The van der Waals surface area contributed by atoms with E-state index in [1.54, 1.807) is 26.5 Å². The second kappa shape index (κ2) is 5.82. The molecule has 98 valence electrons. The number of rotatable bonds is 4. The third-order valence-corrected chi connectivity index (χ3v) is 3.07. The molecule has 0 atom stereocenters. The van der Waals surface area contributed by atoms with Gasteiger partial charge in [0.2, 0.25) is 0 Å². The van der Waals surface area contributed by atoms with Crippen LogP contribution < -0.4 is 9.47 Å². The molecule has 0 spiro atoms. The van der Waals surface area contributed by atoms with Crippen molar-refractivity contribution in [2.45, 2.75) is 19.4 Å². The molecule has 1 aliphatic heterocycles. The second-order valence-corrected chi connectivity index (χ2v) is 4.35. The lowest BCUT2D eigenvalue weighted by atomic mass is 10.1. The number of nitrogens with zero attached hydrogens (tertiary/aromatic N) is 2. The van der Waals surface area contributed by atoms with Gasteiger partial charge in [-0.2, -0.15) is 0 Å². The number of hydrogen-bond acceptors (Lipinski definition) is 5. The minimum atomic E-state index is 0.295. The number of carbonyl (C=O) groups excluding carboxylic acids is 1. The summed E-state index contributed by atoms with van der Waals surface area (Å²) in [5.41, 5.74) is 0.812. The summed E-state index contributed by atoms with van der Waals surface area (Å²) >= 11 is 0. The molecule has 5 nitrogen and oxygen atoms in total. The van der Waals surface area contributed by atoms with Gasteiger partial charge in [0, 0.05) is 25.2 Å². The van der Waals surface area contributed by atoms with Crippen LogP contribution in [-0.2, 0) is 11.3 Å². The highest BCUT2D eigenvalue weighted by molar-refractivity contribution is 5.81. The van der Waals surface area contributed by atoms with Gasteiger partial charge in [0.05, 0.1) is 20.8 Å². The fourth-order valence-electron chi connectivity index (χ4n) is 2.22. The van der Waals surface area contributed by atoms with Crippen LogP contribution >= 0.6 is 0 Å². The SMILES string of the molecule is COc1ccnc(CN2CCCC(=O)C2)c1OC. The van der Waals surface area contributed by atoms with E-state index >= 15 is 0 Å². The Morgan fingerprint density at radius 1 is 1.39 bits per heavy atom. The zero-order valence-corrected chi connectivity index (χ0v) is 10.8. The second-order valence-electron chi connectivity index (χ2n) is 4.35. The molecule has 0 saturated carbocycles. The van der Waals surface area contributed by atoms with Crippen LogP contribution in [0.2, 0.25) is 0 Å². The highest BCUT2D eigenvalue weighted by atomic mass is 16.5. The topological polar surface area (TPSA) is 51.7 Å². The van der Waals surface area contributed by atoms with E-state index in [0.29, 0.717) is 36.8 Å². The van der Waals surface area contributed by atoms with E-state index in [4.69, 9.17) is 9.47 Å². The normalized spacial score (nSPS) is 16.7. The molecule has 0 bridgehead atoms. The Bertz CT molecular complexity index is 434. The number of carbonyl (C=O) groups is 1. The Morgan fingerprint density at radius 3 is 2.89 bits per heavy atom. The summed E-state index contributed by atoms with van der Waals surface area (Å²) in [5.74, 6) is 1.62. The standard InChI is InChI=1S/C13H18N2O3/c1-17-12-5-6-14-11(13(12)18-2)9-15-7-3-4-10(16)8-15/h5-6H,3-4,7-9H2,1-2H3. The fraction of sp³-hybridized carbons (Fsp3) is 0.538. The maximum Gasteiger partial charge on any atom is 0.183 e. The Labute approximate surface area is 107 Å². The molecule has 5 heteroatoms. The first-order valence-corrected chi connectivity index (χ1v) is 6.04. The number of piperidine rings is 1. The Hall–Kier alpha value is -1.62. The maximum absolute atomic E-state index is 11.4. The molecule has 0 amide bonds. The summed E-state index contributed by atoms with van der Waals surface area (Å²) < 4.78 is 10.6. The molecule has 0 aliphatic carbocycles. The number of methoxy groups -OCH3 is 2. The first kappa shape index (κ1) is 12.8. The van der Waals surface area contributed by atoms with E-state index < -0.39 is 0 Å². The lowest BCUT2D eigenvalue weighted by molar-refractivity contribution is -0.122. The van der Waals surface area contributed by atoms with E-state index in [0.717, 1.165) is 18.7 Å². The summed E-state index contributed by atoms with van der Waals surface area (Å²) in [7, 11) is 3.20. The van der Waals surface area contributed by atoms with Crippen molar-refractivity contribution in [2.24, 2.45) is 0 Å². The van der Waals surface area contributed by atoms with Crippen molar-refractivity contribution in [3.05, 3.63) is 18.0 Å². The van der Waals surface area contributed by atoms with Crippen molar-refractivity contribution in [3.63, 3.8) is 0 Å². The zero-order valence-electron chi connectivity index (χ0n) is 10.8. The van der Waals surface area contributed by atoms with Gasteiger partial charge < -0.3 is 9.47 Å². The van der Waals surface area contributed by atoms with Crippen LogP contribution in [0.1, 0.15) is 18.5 Å². The summed E-state index contributed by atoms with van der Waals surface area (Å²) in [6, 6.07) is 1.77. The molecule has 0 unspecified atom stereocenters. The third kappa shape index (κ3) is 2.79. The molecule has 1 aromatic rings. The average molecular weight is 250 g/mol. The number of Topliss-reactive ketones (excluding diaryl/α,β-unsaturated/α-hetero) is 1. The number of aromatic nitrogens is 1. The number of ether oxygens (including phenoxy) is 2. The summed E-state index contributed by atoms with van der Waals surface area (Å²) in [6.07, 6.45) is 3.31. The third-order valence-electron chi connectivity index (χ3n) is 3.07. The number of likely N-dealkylation sites (tertiary alicyclic amines) is 1. The minimum Gasteiger partial charge on any atom is -0.493 e. The Balaban J connectivity index is 2.15. The highest BCUT2D eigenvalue weighted by Crippen LogP contribution is 2.30. The predicted molar refractivity (Wildman–Crippen MR) is 66.9 cm³/mol. The van der Waals surface area contributed by atoms with Crippen LogP contribution in [0, 0.1) is 0 Å². The molecule has 2 heterocycles. The molecule has 1 saturated heterocycles. The molecular formula is C13H18N2O3. The van der Waals surface area contributed by atoms with Crippen LogP contribution in [-0.4, -0.2) is 43.0 Å². The first-order chi connectivity index (χ1) is 8.74. The fourth-order valence-corrected chi connectivity index (χ4v) is 2.22. The molecule has 1 aliphatic rings. The van der Waals surface area contributed by atoms with Gasteiger partial charge in [-0.3, -0.25) is 14.7 Å². The van der Waals surface area contributed by atoms with Gasteiger partial charge >= 0.3 is 0 Å². The molecule has 2 rings (SSSR count). The van der Waals surface area contributed by atoms with E-state index in [2.05, 4.69) is 9.88 Å². The molecular weight excluding hydrogens is 232 g/mol. The monoisotopic (exact) mass is 250 g/mol. The van der Waals surface area contributed by atoms with Gasteiger partial charge in [0.25, 0.3) is 0 Å². The van der Waals surface area contributed by atoms with Gasteiger partial charge in [-0.05, 0) is 13.0 Å². The van der Waals surface area contributed by atoms with Crippen molar-refractivity contribution in [2.75, 3.05) is 27.3 Å². The molecule has 0 N–H and O–H groups in total. The van der Waals surface area contributed by atoms with Crippen LogP contribution in [0.15, 0.2) is 12.3 Å². The number of pyridine rings is 1. The largest absolute Gasteiger partial charge is 0.493 e. The van der Waals surface area contributed by atoms with E-state index in [1.165, 1.54) is 0 Å². The average Bonchev–Trinajstić information content (AvgIpc) is 2.38. The highest BCUT2D eigenvalue weighted by Gasteiger charge is 2.20. The Morgan fingerprint density at radius 2 is 2.22 bits per heavy atom. The maximum atomic E-state index is 11.4. The van der Waals surface area contributed by atoms with Crippen LogP contribution in [0.4, 0.5) is 0 Å². The van der Waals surface area contributed by atoms with Crippen LogP contribution in [0.5, 0.6) is 11.5 Å². The summed E-state index contributed by atoms with van der Waals surface area (Å²) in [4.78, 5) is 17.8. The Kier molecular flexibility index (Phi) is 4.15. The van der Waals surface area contributed by atoms with Gasteiger partial charge in [-0.15, -0.1) is 0 Å². The number of hydrogen-bond donors (Lipinski definition) is 0. The van der Waals surface area contributed by atoms with Crippen LogP contribution in [0.3, 0.4) is 0 Å². The smallest absolute Gasteiger partial charge is 0.183 e. The van der Waals surface area contributed by atoms with E-state index in [1.807, 2.05) is 0 Å². The van der Waals surface area contributed by atoms with Crippen LogP contribution in [0.25, 0.3) is 0 Å².